The number of nitrogens with one attached hydrogen (secondary N) is 2. The minimum atomic E-state index is -3.81. The number of fused-ring (bicyclic) bond motifs is 1. The fourth-order valence-corrected chi connectivity index (χ4v) is 4.05. The number of amides is 1. The number of hydrogen-bond donors (Lipinski definition) is 2. The van der Waals surface area contributed by atoms with Gasteiger partial charge in [-0.15, -0.1) is 0 Å². The highest BCUT2D eigenvalue weighted by Crippen LogP contribution is 2.27. The van der Waals surface area contributed by atoms with Crippen LogP contribution in [0.1, 0.15) is 12.5 Å². The lowest BCUT2D eigenvalue weighted by molar-refractivity contribution is -0.122. The van der Waals surface area contributed by atoms with Gasteiger partial charge in [0.2, 0.25) is 15.9 Å². The lowest BCUT2D eigenvalue weighted by atomic mass is 10.1. The molecule has 1 amide bonds. The van der Waals surface area contributed by atoms with E-state index in [1.807, 2.05) is 24.3 Å². The molecular weight excluding hydrogens is 368 g/mol. The molecular formula is C19H22N2O5S. The van der Waals surface area contributed by atoms with Crippen LogP contribution in [-0.2, 0) is 21.2 Å². The second-order valence-electron chi connectivity index (χ2n) is 6.32. The molecule has 7 nitrogen and oxygen atoms in total. The van der Waals surface area contributed by atoms with Gasteiger partial charge in [0, 0.05) is 6.42 Å². The molecule has 0 bridgehead atoms. The highest BCUT2D eigenvalue weighted by atomic mass is 32.2. The summed E-state index contributed by atoms with van der Waals surface area (Å²) in [5, 5.41) is 2.74. The lowest BCUT2D eigenvalue weighted by Crippen LogP contribution is -2.47. The average molecular weight is 390 g/mol. The first-order chi connectivity index (χ1) is 12.9. The van der Waals surface area contributed by atoms with E-state index >= 15 is 0 Å². The van der Waals surface area contributed by atoms with Gasteiger partial charge in [-0.3, -0.25) is 4.79 Å². The predicted octanol–water partition coefficient (Wildman–Crippen LogP) is 1.48. The van der Waals surface area contributed by atoms with Gasteiger partial charge in [-0.05, 0) is 42.8 Å². The zero-order valence-corrected chi connectivity index (χ0v) is 16.0. The first-order valence-electron chi connectivity index (χ1n) is 8.57. The molecule has 8 heteroatoms. The Labute approximate surface area is 158 Å². The number of benzene rings is 2. The number of carbonyl (C=O) groups is 1. The molecule has 27 heavy (non-hydrogen) atoms. The minimum Gasteiger partial charge on any atom is -0.497 e. The second-order valence-corrected chi connectivity index (χ2v) is 8.03. The lowest BCUT2D eigenvalue weighted by Gasteiger charge is -2.17. The van der Waals surface area contributed by atoms with Crippen molar-refractivity contribution >= 4 is 15.9 Å². The number of hydrogen-bond acceptors (Lipinski definition) is 5. The van der Waals surface area contributed by atoms with E-state index in [0.29, 0.717) is 18.7 Å². The summed E-state index contributed by atoms with van der Waals surface area (Å²) in [4.78, 5) is 12.3. The van der Waals surface area contributed by atoms with Crippen LogP contribution in [0, 0.1) is 0 Å². The maximum Gasteiger partial charge on any atom is 0.241 e. The predicted molar refractivity (Wildman–Crippen MR) is 100 cm³/mol. The van der Waals surface area contributed by atoms with E-state index in [-0.39, 0.29) is 11.0 Å². The first-order valence-corrected chi connectivity index (χ1v) is 10.1. The smallest absolute Gasteiger partial charge is 0.241 e. The Balaban J connectivity index is 1.53. The molecule has 1 unspecified atom stereocenters. The Hall–Kier alpha value is -2.58. The summed E-state index contributed by atoms with van der Waals surface area (Å²) in [7, 11) is -2.31. The Kier molecular flexibility index (Phi) is 5.67. The van der Waals surface area contributed by atoms with Gasteiger partial charge in [-0.25, -0.2) is 8.42 Å². The van der Waals surface area contributed by atoms with Crippen molar-refractivity contribution in [1.82, 2.24) is 10.0 Å². The fraction of sp³-hybridized carbons (Fsp3) is 0.316. The number of carbonyl (C=O) groups excluding carboxylic acids is 1. The van der Waals surface area contributed by atoms with Crippen molar-refractivity contribution in [3.8, 4) is 11.5 Å². The molecule has 1 heterocycles. The zero-order chi connectivity index (χ0) is 19.4. The van der Waals surface area contributed by atoms with Gasteiger partial charge in [0.1, 0.15) is 17.6 Å². The summed E-state index contributed by atoms with van der Waals surface area (Å²) in [5.41, 5.74) is 1.10. The Morgan fingerprint density at radius 3 is 2.59 bits per heavy atom. The monoisotopic (exact) mass is 390 g/mol. The van der Waals surface area contributed by atoms with E-state index in [2.05, 4.69) is 10.0 Å². The number of methoxy groups -OCH3 is 1. The first kappa shape index (κ1) is 19.2. The van der Waals surface area contributed by atoms with Crippen LogP contribution in [0.25, 0.3) is 0 Å². The van der Waals surface area contributed by atoms with Crippen molar-refractivity contribution in [3.05, 3.63) is 54.1 Å². The van der Waals surface area contributed by atoms with Gasteiger partial charge in [0.15, 0.2) is 0 Å². The molecule has 1 aliphatic rings. The van der Waals surface area contributed by atoms with E-state index in [1.54, 1.807) is 12.1 Å². The molecule has 0 spiro atoms. The summed E-state index contributed by atoms with van der Waals surface area (Å²) in [6, 6.07) is 12.8. The molecule has 2 atom stereocenters. The molecule has 0 aliphatic carbocycles. The molecule has 0 fully saturated rings. The molecule has 3 rings (SSSR count). The molecule has 0 saturated carbocycles. The Morgan fingerprint density at radius 2 is 1.93 bits per heavy atom. The van der Waals surface area contributed by atoms with Gasteiger partial charge in [0.25, 0.3) is 0 Å². The summed E-state index contributed by atoms with van der Waals surface area (Å²) in [6.45, 7) is 1.81. The average Bonchev–Trinajstić information content (AvgIpc) is 3.08. The van der Waals surface area contributed by atoms with Crippen LogP contribution >= 0.6 is 0 Å². The van der Waals surface area contributed by atoms with Gasteiger partial charge in [0.05, 0.1) is 24.6 Å². The third kappa shape index (κ3) is 4.58. The molecule has 0 radical (unpaired) electrons. The van der Waals surface area contributed by atoms with Crippen molar-refractivity contribution in [2.24, 2.45) is 0 Å². The van der Waals surface area contributed by atoms with Gasteiger partial charge in [-0.1, -0.05) is 18.2 Å². The highest BCUT2D eigenvalue weighted by Gasteiger charge is 2.25. The van der Waals surface area contributed by atoms with E-state index in [4.69, 9.17) is 9.47 Å². The normalized spacial score (nSPS) is 16.9. The van der Waals surface area contributed by atoms with Crippen molar-refractivity contribution in [3.63, 3.8) is 0 Å². The molecule has 1 aliphatic heterocycles. The van der Waals surface area contributed by atoms with Crippen LogP contribution < -0.4 is 19.5 Å². The van der Waals surface area contributed by atoms with Crippen LogP contribution in [-0.4, -0.2) is 40.1 Å². The van der Waals surface area contributed by atoms with Crippen molar-refractivity contribution < 1.29 is 22.7 Å². The standard InChI is InChI=1S/C19H22N2O5S/c1-13(21-27(23,24)17-9-7-15(25-2)8-10-17)19(22)20-12-16-11-14-5-3-4-6-18(14)26-16/h3-10,13,16,21H,11-12H2,1-2H3,(H,20,22)/t13-,16?/m0/s1. The zero-order valence-electron chi connectivity index (χ0n) is 15.1. The number of ether oxygens (including phenoxy) is 2. The Morgan fingerprint density at radius 1 is 1.22 bits per heavy atom. The summed E-state index contributed by atoms with van der Waals surface area (Å²) >= 11 is 0. The number of sulfonamides is 1. The molecule has 0 saturated heterocycles. The molecule has 0 aromatic heterocycles. The third-order valence-corrected chi connectivity index (χ3v) is 5.87. The fourth-order valence-electron chi connectivity index (χ4n) is 2.84. The van der Waals surface area contributed by atoms with Crippen LogP contribution in [0.15, 0.2) is 53.4 Å². The highest BCUT2D eigenvalue weighted by molar-refractivity contribution is 7.89. The summed E-state index contributed by atoms with van der Waals surface area (Å²) < 4.78 is 38.0. The summed E-state index contributed by atoms with van der Waals surface area (Å²) in [5.74, 6) is 0.967. The van der Waals surface area contributed by atoms with Crippen LogP contribution in [0.4, 0.5) is 0 Å². The van der Waals surface area contributed by atoms with Crippen molar-refractivity contribution in [2.75, 3.05) is 13.7 Å². The van der Waals surface area contributed by atoms with E-state index < -0.39 is 22.0 Å². The molecule has 144 valence electrons. The van der Waals surface area contributed by atoms with Crippen molar-refractivity contribution in [2.45, 2.75) is 30.4 Å². The van der Waals surface area contributed by atoms with E-state index in [9.17, 15) is 13.2 Å². The minimum absolute atomic E-state index is 0.0672. The number of para-hydroxylation sites is 1. The SMILES string of the molecule is COc1ccc(S(=O)(=O)N[C@@H](C)C(=O)NCC2Cc3ccccc3O2)cc1. The Bertz CT molecular complexity index is 887. The number of rotatable bonds is 7. The molecule has 2 N–H and O–H groups in total. The third-order valence-electron chi connectivity index (χ3n) is 4.31. The second kappa shape index (κ2) is 7.98. The summed E-state index contributed by atoms with van der Waals surface area (Å²) in [6.07, 6.45) is 0.555. The topological polar surface area (TPSA) is 93.7 Å². The largest absolute Gasteiger partial charge is 0.497 e. The van der Waals surface area contributed by atoms with Crippen LogP contribution in [0.3, 0.4) is 0 Å². The van der Waals surface area contributed by atoms with Crippen LogP contribution in [0.2, 0.25) is 0 Å². The van der Waals surface area contributed by atoms with Gasteiger partial charge >= 0.3 is 0 Å². The van der Waals surface area contributed by atoms with E-state index in [1.165, 1.54) is 26.2 Å². The van der Waals surface area contributed by atoms with Gasteiger partial charge in [-0.2, -0.15) is 4.72 Å². The van der Waals surface area contributed by atoms with Gasteiger partial charge < -0.3 is 14.8 Å². The van der Waals surface area contributed by atoms with E-state index in [0.717, 1.165) is 11.3 Å². The maximum absolute atomic E-state index is 12.4. The van der Waals surface area contributed by atoms with Crippen molar-refractivity contribution in [1.29, 1.82) is 0 Å². The quantitative estimate of drug-likeness (QED) is 0.747. The van der Waals surface area contributed by atoms with Crippen LogP contribution in [0.5, 0.6) is 11.5 Å². The maximum atomic E-state index is 12.4. The molecule has 2 aromatic rings. The molecule has 2 aromatic carbocycles.